The Morgan fingerprint density at radius 2 is 1.38 bits per heavy atom. The molecule has 1 saturated heterocycles. The van der Waals surface area contributed by atoms with E-state index in [-0.39, 0.29) is 16.2 Å². The van der Waals surface area contributed by atoms with Crippen LogP contribution in [-0.4, -0.2) is 29.8 Å². The minimum Gasteiger partial charge on any atom is -0.416 e. The summed E-state index contributed by atoms with van der Waals surface area (Å²) in [7, 11) is -3.62. The van der Waals surface area contributed by atoms with Crippen LogP contribution in [0, 0.1) is 12.0 Å². The molecule has 165 valence electrons. The first-order valence-corrected chi connectivity index (χ1v) is 16.8. The van der Waals surface area contributed by atoms with Crippen molar-refractivity contribution in [3.63, 3.8) is 0 Å². The van der Waals surface area contributed by atoms with Crippen molar-refractivity contribution in [2.45, 2.75) is 90.3 Å². The highest BCUT2D eigenvalue weighted by molar-refractivity contribution is 6.74. The van der Waals surface area contributed by atoms with E-state index in [1.165, 1.54) is 5.56 Å². The minimum absolute atomic E-state index is 0.0993. The van der Waals surface area contributed by atoms with Gasteiger partial charge in [0.15, 0.2) is 16.6 Å². The van der Waals surface area contributed by atoms with Crippen LogP contribution in [0.15, 0.2) is 30.3 Å². The number of rotatable bonds is 7. The van der Waals surface area contributed by atoms with E-state index in [0.717, 1.165) is 19.1 Å². The zero-order chi connectivity index (χ0) is 22.1. The third-order valence-electron chi connectivity index (χ3n) is 7.25. The van der Waals surface area contributed by atoms with Gasteiger partial charge in [-0.25, -0.2) is 0 Å². The van der Waals surface area contributed by atoms with Crippen LogP contribution in [0.2, 0.25) is 36.3 Å². The molecule has 1 aromatic carbocycles. The largest absolute Gasteiger partial charge is 0.416 e. The standard InChI is InChI=1S/C24H43O3Si2/c1-23(2,3)28(7,8)25-17-20-16-21(19-14-12-11-13-15-19)27-22(20)18-26-29(9,10)24(4,5)6/h11-15,20-21H,16-18H2,1-10H3/t20-,21-/m0/s1. The second-order valence-electron chi connectivity index (χ2n) is 11.5. The molecule has 0 saturated carbocycles. The first kappa shape index (κ1) is 24.8. The molecule has 0 amide bonds. The second-order valence-corrected chi connectivity index (χ2v) is 21.2. The van der Waals surface area contributed by atoms with Gasteiger partial charge in [-0.15, -0.1) is 0 Å². The Bertz CT molecular complexity index is 606. The van der Waals surface area contributed by atoms with Crippen LogP contribution < -0.4 is 0 Å². The molecule has 5 heteroatoms. The molecule has 2 rings (SSSR count). The highest BCUT2D eigenvalue weighted by atomic mass is 28.4. The van der Waals surface area contributed by atoms with Gasteiger partial charge in [0.05, 0.1) is 12.7 Å². The summed E-state index contributed by atoms with van der Waals surface area (Å²) >= 11 is 0. The van der Waals surface area contributed by atoms with Gasteiger partial charge in [-0.3, -0.25) is 0 Å². The third-order valence-corrected chi connectivity index (χ3v) is 16.2. The lowest BCUT2D eigenvalue weighted by atomic mass is 9.98. The molecule has 0 N–H and O–H groups in total. The molecule has 3 nitrogen and oxygen atoms in total. The van der Waals surface area contributed by atoms with Gasteiger partial charge in [-0.05, 0) is 48.2 Å². The molecule has 1 aromatic rings. The van der Waals surface area contributed by atoms with Gasteiger partial charge in [0.2, 0.25) is 0 Å². The van der Waals surface area contributed by atoms with E-state index < -0.39 is 16.6 Å². The molecule has 0 aliphatic carbocycles. The van der Waals surface area contributed by atoms with Crippen LogP contribution in [0.25, 0.3) is 0 Å². The summed E-state index contributed by atoms with van der Waals surface area (Å²) in [4.78, 5) is 0. The Balaban J connectivity index is 2.11. The zero-order valence-electron chi connectivity index (χ0n) is 20.4. The molecule has 1 radical (unpaired) electrons. The maximum Gasteiger partial charge on any atom is 0.192 e. The van der Waals surface area contributed by atoms with E-state index in [2.05, 4.69) is 98.1 Å². The van der Waals surface area contributed by atoms with Crippen LogP contribution in [0.5, 0.6) is 0 Å². The van der Waals surface area contributed by atoms with Crippen LogP contribution in [-0.2, 0) is 13.6 Å². The lowest BCUT2D eigenvalue weighted by Crippen LogP contribution is -2.43. The minimum atomic E-state index is -1.83. The summed E-state index contributed by atoms with van der Waals surface area (Å²) in [5.74, 6) is 0.291. The van der Waals surface area contributed by atoms with Crippen molar-refractivity contribution in [3.05, 3.63) is 42.0 Å². The molecule has 0 bridgehead atoms. The predicted molar refractivity (Wildman–Crippen MR) is 128 cm³/mol. The Labute approximate surface area is 181 Å². The summed E-state index contributed by atoms with van der Waals surface area (Å²) in [5.41, 5.74) is 1.24. The van der Waals surface area contributed by atoms with Gasteiger partial charge in [0.25, 0.3) is 0 Å². The average molecular weight is 436 g/mol. The lowest BCUT2D eigenvalue weighted by Gasteiger charge is -2.38. The third kappa shape index (κ3) is 6.26. The Hall–Kier alpha value is -0.466. The molecule has 1 aliphatic rings. The molecule has 1 fully saturated rings. The molecule has 0 aromatic heterocycles. The average Bonchev–Trinajstić information content (AvgIpc) is 3.00. The maximum absolute atomic E-state index is 6.59. The van der Waals surface area contributed by atoms with Gasteiger partial charge in [0.1, 0.15) is 6.10 Å². The Morgan fingerprint density at radius 3 is 1.90 bits per heavy atom. The fourth-order valence-corrected chi connectivity index (χ4v) is 4.88. The zero-order valence-corrected chi connectivity index (χ0v) is 22.4. The molecular formula is C24H43O3Si2. The Morgan fingerprint density at radius 1 is 0.862 bits per heavy atom. The fourth-order valence-electron chi connectivity index (χ4n) is 2.90. The summed E-state index contributed by atoms with van der Waals surface area (Å²) in [6, 6.07) is 10.6. The van der Waals surface area contributed by atoms with Gasteiger partial charge < -0.3 is 13.6 Å². The van der Waals surface area contributed by atoms with E-state index >= 15 is 0 Å². The summed E-state index contributed by atoms with van der Waals surface area (Å²) in [6.45, 7) is 24.3. The fraction of sp³-hybridized carbons (Fsp3) is 0.708. The van der Waals surface area contributed by atoms with Crippen molar-refractivity contribution in [3.8, 4) is 0 Å². The highest BCUT2D eigenvalue weighted by Crippen LogP contribution is 2.45. The number of benzene rings is 1. The number of ether oxygens (including phenoxy) is 1. The maximum atomic E-state index is 6.59. The molecule has 29 heavy (non-hydrogen) atoms. The first-order chi connectivity index (χ1) is 13.1. The van der Waals surface area contributed by atoms with E-state index in [4.69, 9.17) is 13.6 Å². The van der Waals surface area contributed by atoms with Crippen molar-refractivity contribution in [2.75, 3.05) is 13.2 Å². The van der Waals surface area contributed by atoms with Crippen molar-refractivity contribution in [1.29, 1.82) is 0 Å². The number of hydrogen-bond acceptors (Lipinski definition) is 3. The van der Waals surface area contributed by atoms with E-state index in [1.807, 2.05) is 0 Å². The van der Waals surface area contributed by atoms with E-state index in [0.29, 0.717) is 12.5 Å². The SMILES string of the molecule is CC(C)(C)[Si](C)(C)OC[C]1O[C@H](c2ccccc2)C[C@H]1CO[Si](C)(C)C(C)(C)C. The summed E-state index contributed by atoms with van der Waals surface area (Å²) in [5, 5.41) is 0.404. The second kappa shape index (κ2) is 8.95. The molecule has 2 atom stereocenters. The highest BCUT2D eigenvalue weighted by Gasteiger charge is 2.44. The molecule has 0 unspecified atom stereocenters. The first-order valence-electron chi connectivity index (χ1n) is 11.0. The van der Waals surface area contributed by atoms with Crippen molar-refractivity contribution in [2.24, 2.45) is 5.92 Å². The smallest absolute Gasteiger partial charge is 0.192 e. The van der Waals surface area contributed by atoms with Gasteiger partial charge in [0, 0.05) is 12.5 Å². The van der Waals surface area contributed by atoms with E-state index in [9.17, 15) is 0 Å². The van der Waals surface area contributed by atoms with Gasteiger partial charge in [-0.1, -0.05) is 71.9 Å². The molecular weight excluding hydrogens is 392 g/mol. The van der Waals surface area contributed by atoms with Crippen LogP contribution in [0.4, 0.5) is 0 Å². The normalized spacial score (nSPS) is 22.3. The van der Waals surface area contributed by atoms with E-state index in [1.54, 1.807) is 0 Å². The van der Waals surface area contributed by atoms with Gasteiger partial charge >= 0.3 is 0 Å². The quantitative estimate of drug-likeness (QED) is 0.419. The molecule has 0 spiro atoms. The molecule has 1 heterocycles. The molecule has 1 aliphatic heterocycles. The van der Waals surface area contributed by atoms with Crippen molar-refractivity contribution in [1.82, 2.24) is 0 Å². The van der Waals surface area contributed by atoms with Crippen LogP contribution >= 0.6 is 0 Å². The van der Waals surface area contributed by atoms with Crippen molar-refractivity contribution < 1.29 is 13.6 Å². The summed E-state index contributed by atoms with van der Waals surface area (Å²) < 4.78 is 19.6. The van der Waals surface area contributed by atoms with Gasteiger partial charge in [-0.2, -0.15) is 0 Å². The lowest BCUT2D eigenvalue weighted by molar-refractivity contribution is 0.0712. The predicted octanol–water partition coefficient (Wildman–Crippen LogP) is 7.34. The van der Waals surface area contributed by atoms with Crippen molar-refractivity contribution >= 4 is 16.6 Å². The monoisotopic (exact) mass is 435 g/mol. The summed E-state index contributed by atoms with van der Waals surface area (Å²) in [6.07, 6.45) is 2.14. The van der Waals surface area contributed by atoms with Crippen LogP contribution in [0.3, 0.4) is 0 Å². The Kier molecular flexibility index (Phi) is 7.66. The topological polar surface area (TPSA) is 27.7 Å². The number of hydrogen-bond donors (Lipinski definition) is 0. The van der Waals surface area contributed by atoms with Crippen LogP contribution in [0.1, 0.15) is 59.6 Å².